The first kappa shape index (κ1) is 39.9. The minimum Gasteiger partial charge on any atom is -0.362 e. The molecule has 2 amide bonds. The van der Waals surface area contributed by atoms with Crippen LogP contribution in [0.2, 0.25) is 0 Å². The molecule has 41 heavy (non-hydrogen) atoms. The fourth-order valence-electron chi connectivity index (χ4n) is 5.88. The summed E-state index contributed by atoms with van der Waals surface area (Å²) in [5.41, 5.74) is 0. The van der Waals surface area contributed by atoms with Gasteiger partial charge in [0.2, 0.25) is 11.8 Å². The molecule has 0 aliphatic carbocycles. The van der Waals surface area contributed by atoms with Gasteiger partial charge in [-0.3, -0.25) is 9.59 Å². The summed E-state index contributed by atoms with van der Waals surface area (Å²) in [5, 5.41) is 0. The second-order valence-electron chi connectivity index (χ2n) is 12.8. The van der Waals surface area contributed by atoms with E-state index in [1.54, 1.807) is 0 Å². The van der Waals surface area contributed by atoms with Gasteiger partial charge in [0.15, 0.2) is 0 Å². The molecule has 0 aliphatic heterocycles. The van der Waals surface area contributed by atoms with Crippen LogP contribution in [0.1, 0.15) is 158 Å². The number of carbonyl (C=O) groups excluding carboxylic acids is 2. The molecule has 244 valence electrons. The largest absolute Gasteiger partial charge is 0.362 e. The Morgan fingerprint density at radius 1 is 0.463 bits per heavy atom. The van der Waals surface area contributed by atoms with E-state index in [-0.39, 0.29) is 25.0 Å². The number of hydrogen-bond donors (Lipinski definition) is 0. The van der Waals surface area contributed by atoms with Gasteiger partial charge >= 0.3 is 0 Å². The van der Waals surface area contributed by atoms with Crippen LogP contribution in [0.25, 0.3) is 0 Å². The van der Waals surface area contributed by atoms with E-state index in [2.05, 4.69) is 65.2 Å². The summed E-state index contributed by atoms with van der Waals surface area (Å²) in [4.78, 5) is 31.2. The molecule has 0 aliphatic rings. The molecule has 5 nitrogen and oxygen atoms in total. The summed E-state index contributed by atoms with van der Waals surface area (Å²) in [6, 6.07) is 0. The second-order valence-corrected chi connectivity index (χ2v) is 12.8. The van der Waals surface area contributed by atoms with Gasteiger partial charge in [0.05, 0.1) is 0 Å². The monoisotopic (exact) mass is 581 g/mol. The maximum atomic E-state index is 13.5. The smallest absolute Gasteiger partial charge is 0.248 e. The van der Waals surface area contributed by atoms with Gasteiger partial charge in [-0.15, -0.1) is 0 Å². The lowest BCUT2D eigenvalue weighted by Gasteiger charge is -2.32. The van der Waals surface area contributed by atoms with Crippen LogP contribution in [-0.2, 0) is 14.3 Å². The molecule has 0 bridgehead atoms. The Bertz CT molecular complexity index is 538. The van der Waals surface area contributed by atoms with Crippen LogP contribution >= 0.6 is 0 Å². The maximum Gasteiger partial charge on any atom is 0.248 e. The summed E-state index contributed by atoms with van der Waals surface area (Å²) >= 11 is 0. The average Bonchev–Trinajstić information content (AvgIpc) is 2.99. The first-order valence-corrected chi connectivity index (χ1v) is 18.0. The highest BCUT2D eigenvalue weighted by atomic mass is 16.5. The van der Waals surface area contributed by atoms with Gasteiger partial charge in [-0.2, -0.15) is 0 Å². The Morgan fingerprint density at radius 3 is 0.902 bits per heavy atom. The highest BCUT2D eigenvalue weighted by Gasteiger charge is 2.24. The molecule has 0 heterocycles. The van der Waals surface area contributed by atoms with Crippen molar-refractivity contribution in [2.75, 3.05) is 39.4 Å². The summed E-state index contributed by atoms with van der Waals surface area (Å²) in [6.45, 7) is 21.2. The molecule has 5 heteroatoms. The van der Waals surface area contributed by atoms with E-state index in [9.17, 15) is 9.59 Å². The summed E-state index contributed by atoms with van der Waals surface area (Å²) in [5.74, 6) is 2.23. The van der Waals surface area contributed by atoms with Crippen molar-refractivity contribution < 1.29 is 14.3 Å². The number of hydrogen-bond acceptors (Lipinski definition) is 3. The van der Waals surface area contributed by atoms with Crippen LogP contribution < -0.4 is 0 Å². The van der Waals surface area contributed by atoms with Gasteiger partial charge in [0, 0.05) is 26.2 Å². The topological polar surface area (TPSA) is 49.9 Å². The molecule has 4 atom stereocenters. The molecule has 0 aromatic carbocycles. The zero-order valence-corrected chi connectivity index (χ0v) is 29.0. The van der Waals surface area contributed by atoms with E-state index in [1.165, 1.54) is 77.0 Å². The average molecular weight is 581 g/mol. The van der Waals surface area contributed by atoms with Gasteiger partial charge in [-0.05, 0) is 49.4 Å². The predicted octanol–water partition coefficient (Wildman–Crippen LogP) is 9.53. The zero-order valence-electron chi connectivity index (χ0n) is 29.0. The number of amides is 2. The molecule has 0 fully saturated rings. The first-order valence-electron chi connectivity index (χ1n) is 18.0. The SMILES string of the molecule is CCCC[C@@H](CC)CN(C[C@H](CC)CCCC)C(=O)COCC(=O)N(C[C@@H](CC)CCCC)C[C@@H](CC)CCCC. The fraction of sp³-hybridized carbons (Fsp3) is 0.944. The summed E-state index contributed by atoms with van der Waals surface area (Å²) in [6.07, 6.45) is 18.7. The number of rotatable bonds is 28. The molecule has 0 saturated heterocycles. The third kappa shape index (κ3) is 18.9. The van der Waals surface area contributed by atoms with Crippen molar-refractivity contribution >= 4 is 11.8 Å². The minimum absolute atomic E-state index is 0.00802. The lowest BCUT2D eigenvalue weighted by atomic mass is 9.95. The van der Waals surface area contributed by atoms with Crippen LogP contribution in [0, 0.1) is 23.7 Å². The van der Waals surface area contributed by atoms with Crippen molar-refractivity contribution in [1.29, 1.82) is 0 Å². The predicted molar refractivity (Wildman–Crippen MR) is 177 cm³/mol. The van der Waals surface area contributed by atoms with Gasteiger partial charge in [-0.1, -0.05) is 132 Å². The lowest BCUT2D eigenvalue weighted by molar-refractivity contribution is -0.143. The first-order chi connectivity index (χ1) is 19.8. The quantitative estimate of drug-likeness (QED) is 0.0926. The molecule has 0 aromatic rings. The van der Waals surface area contributed by atoms with Crippen molar-refractivity contribution in [3.05, 3.63) is 0 Å². The molecule has 0 radical (unpaired) electrons. The highest BCUT2D eigenvalue weighted by molar-refractivity contribution is 5.79. The van der Waals surface area contributed by atoms with Crippen LogP contribution in [0.3, 0.4) is 0 Å². The third-order valence-corrected chi connectivity index (χ3v) is 9.24. The fourth-order valence-corrected chi connectivity index (χ4v) is 5.88. The van der Waals surface area contributed by atoms with E-state index < -0.39 is 0 Å². The molecule has 0 N–H and O–H groups in total. The Morgan fingerprint density at radius 2 is 0.707 bits per heavy atom. The van der Waals surface area contributed by atoms with Gasteiger partial charge in [0.25, 0.3) is 0 Å². The molecule has 0 aromatic heterocycles. The van der Waals surface area contributed by atoms with E-state index in [0.717, 1.165) is 51.9 Å². The second kappa shape index (κ2) is 26.5. The Hall–Kier alpha value is -1.10. The van der Waals surface area contributed by atoms with Crippen molar-refractivity contribution in [3.63, 3.8) is 0 Å². The van der Waals surface area contributed by atoms with Crippen LogP contribution in [0.5, 0.6) is 0 Å². The van der Waals surface area contributed by atoms with E-state index in [1.807, 2.05) is 0 Å². The van der Waals surface area contributed by atoms with E-state index in [0.29, 0.717) is 23.7 Å². The molecule has 0 rings (SSSR count). The van der Waals surface area contributed by atoms with E-state index >= 15 is 0 Å². The number of unbranched alkanes of at least 4 members (excludes halogenated alkanes) is 4. The van der Waals surface area contributed by atoms with Crippen molar-refractivity contribution in [3.8, 4) is 0 Å². The molecular formula is C36H72N2O3. The molecule has 0 spiro atoms. The number of ether oxygens (including phenoxy) is 1. The van der Waals surface area contributed by atoms with Crippen molar-refractivity contribution in [2.24, 2.45) is 23.7 Å². The molecule has 0 unspecified atom stereocenters. The Labute approximate surface area is 256 Å². The van der Waals surface area contributed by atoms with Crippen LogP contribution in [0.15, 0.2) is 0 Å². The van der Waals surface area contributed by atoms with Gasteiger partial charge in [0.1, 0.15) is 13.2 Å². The molecular weight excluding hydrogens is 508 g/mol. The Balaban J connectivity index is 5.42. The maximum absolute atomic E-state index is 13.5. The Kier molecular flexibility index (Phi) is 25.8. The molecule has 0 saturated carbocycles. The van der Waals surface area contributed by atoms with Gasteiger partial charge < -0.3 is 14.5 Å². The lowest BCUT2D eigenvalue weighted by Crippen LogP contribution is -2.43. The van der Waals surface area contributed by atoms with Crippen molar-refractivity contribution in [1.82, 2.24) is 9.80 Å². The number of carbonyl (C=O) groups is 2. The van der Waals surface area contributed by atoms with Gasteiger partial charge in [-0.25, -0.2) is 0 Å². The van der Waals surface area contributed by atoms with Crippen molar-refractivity contribution in [2.45, 2.75) is 158 Å². The number of nitrogens with zero attached hydrogens (tertiary/aromatic N) is 2. The zero-order chi connectivity index (χ0) is 30.9. The highest BCUT2D eigenvalue weighted by Crippen LogP contribution is 2.21. The van der Waals surface area contributed by atoms with Crippen LogP contribution in [0.4, 0.5) is 0 Å². The summed E-state index contributed by atoms with van der Waals surface area (Å²) < 4.78 is 5.92. The normalized spacial score (nSPS) is 14.4. The third-order valence-electron chi connectivity index (χ3n) is 9.24. The van der Waals surface area contributed by atoms with E-state index in [4.69, 9.17) is 4.74 Å². The standard InChI is InChI=1S/C36H72N2O3/c1-9-17-21-31(13-5)25-37(26-32(14-6)22-18-10-2)35(39)29-41-30-36(40)38(27-33(15-7)23-19-11-3)28-34(16-8)24-20-12-4/h31-34H,9-30H2,1-8H3/t31-,32-,33+,34+. The minimum atomic E-state index is 0.00802. The summed E-state index contributed by atoms with van der Waals surface area (Å²) in [7, 11) is 0. The van der Waals surface area contributed by atoms with Crippen LogP contribution in [-0.4, -0.2) is 61.0 Å².